The van der Waals surface area contributed by atoms with Crippen LogP contribution >= 0.6 is 0 Å². The van der Waals surface area contributed by atoms with Gasteiger partial charge in [0.2, 0.25) is 0 Å². The lowest BCUT2D eigenvalue weighted by atomic mass is 9.99. The van der Waals surface area contributed by atoms with Gasteiger partial charge in [-0.15, -0.1) is 0 Å². The molecule has 0 aromatic carbocycles. The Labute approximate surface area is 75.2 Å². The van der Waals surface area contributed by atoms with Crippen molar-refractivity contribution in [2.75, 3.05) is 13.1 Å². The van der Waals surface area contributed by atoms with Gasteiger partial charge in [0, 0.05) is 12.6 Å². The fourth-order valence-electron chi connectivity index (χ4n) is 1.83. The Morgan fingerprint density at radius 1 is 1.08 bits per heavy atom. The zero-order valence-corrected chi connectivity index (χ0v) is 7.87. The highest BCUT2D eigenvalue weighted by molar-refractivity contribution is 4.86. The lowest BCUT2D eigenvalue weighted by Crippen LogP contribution is -2.34. The smallest absolute Gasteiger partial charge is 0.0462 e. The molecule has 0 radical (unpaired) electrons. The van der Waals surface area contributed by atoms with Gasteiger partial charge in [0.1, 0.15) is 0 Å². The third kappa shape index (κ3) is 2.49. The molecule has 1 saturated heterocycles. The molecule has 2 heteroatoms. The number of likely N-dealkylation sites (tertiary alicyclic amines) is 1. The minimum absolute atomic E-state index is 0.995. The maximum absolute atomic E-state index is 6.50. The van der Waals surface area contributed by atoms with Crippen LogP contribution in [0.2, 0.25) is 0 Å². The van der Waals surface area contributed by atoms with Crippen LogP contribution in [0.15, 0.2) is 0 Å². The van der Waals surface area contributed by atoms with E-state index in [1.807, 2.05) is 0 Å². The van der Waals surface area contributed by atoms with Crippen LogP contribution in [0.4, 0.5) is 0 Å². The third-order valence-electron chi connectivity index (χ3n) is 2.88. The van der Waals surface area contributed by atoms with Crippen LogP contribution in [0, 0.1) is 17.8 Å². The number of nitrogens with zero attached hydrogens (tertiary/aromatic N) is 2. The van der Waals surface area contributed by atoms with Crippen LogP contribution in [0.3, 0.4) is 0 Å². The summed E-state index contributed by atoms with van der Waals surface area (Å²) < 4.78 is 0. The van der Waals surface area contributed by atoms with Crippen molar-refractivity contribution in [2.24, 2.45) is 5.92 Å². The van der Waals surface area contributed by atoms with E-state index in [0.29, 0.717) is 0 Å². The molecule has 0 aromatic heterocycles. The second-order valence-corrected chi connectivity index (χ2v) is 3.95. The summed E-state index contributed by atoms with van der Waals surface area (Å²) in [6.45, 7) is 8.64. The SMILES string of the molecule is C#N.CC1CCN(C2CC2)CC1. The molecule has 1 heterocycles. The molecular weight excluding hydrogens is 148 g/mol. The van der Waals surface area contributed by atoms with Crippen molar-refractivity contribution < 1.29 is 0 Å². The van der Waals surface area contributed by atoms with Gasteiger partial charge in [0.05, 0.1) is 0 Å². The van der Waals surface area contributed by atoms with Crippen LogP contribution in [-0.4, -0.2) is 24.0 Å². The Bertz CT molecular complexity index is 141. The van der Waals surface area contributed by atoms with E-state index >= 15 is 0 Å². The Hall–Kier alpha value is -0.550. The van der Waals surface area contributed by atoms with E-state index in [9.17, 15) is 0 Å². The van der Waals surface area contributed by atoms with E-state index in [2.05, 4.69) is 18.4 Å². The maximum atomic E-state index is 6.50. The van der Waals surface area contributed by atoms with Gasteiger partial charge in [-0.1, -0.05) is 6.92 Å². The van der Waals surface area contributed by atoms with E-state index in [1.165, 1.54) is 38.8 Å². The monoisotopic (exact) mass is 166 g/mol. The van der Waals surface area contributed by atoms with Gasteiger partial charge in [-0.05, 0) is 44.7 Å². The minimum Gasteiger partial charge on any atom is -0.300 e. The van der Waals surface area contributed by atoms with Crippen molar-refractivity contribution in [2.45, 2.75) is 38.6 Å². The van der Waals surface area contributed by atoms with Gasteiger partial charge in [0.15, 0.2) is 0 Å². The topological polar surface area (TPSA) is 27.0 Å². The lowest BCUT2D eigenvalue weighted by molar-refractivity contribution is 0.184. The second-order valence-electron chi connectivity index (χ2n) is 3.95. The average molecular weight is 166 g/mol. The first kappa shape index (κ1) is 9.54. The third-order valence-corrected chi connectivity index (χ3v) is 2.88. The summed E-state index contributed by atoms with van der Waals surface area (Å²) in [5, 5.41) is 6.50. The first-order chi connectivity index (χ1) is 5.86. The highest BCUT2D eigenvalue weighted by Crippen LogP contribution is 2.30. The zero-order valence-electron chi connectivity index (χ0n) is 7.87. The predicted molar refractivity (Wildman–Crippen MR) is 49.7 cm³/mol. The molecule has 2 aliphatic rings. The van der Waals surface area contributed by atoms with Crippen molar-refractivity contribution in [1.82, 2.24) is 4.90 Å². The number of hydrogen-bond acceptors (Lipinski definition) is 2. The Balaban J connectivity index is 0.000000336. The van der Waals surface area contributed by atoms with Crippen LogP contribution in [0.25, 0.3) is 0 Å². The molecule has 1 saturated carbocycles. The van der Waals surface area contributed by atoms with Crippen molar-refractivity contribution >= 4 is 0 Å². The summed E-state index contributed by atoms with van der Waals surface area (Å²) in [5.41, 5.74) is 0. The molecule has 12 heavy (non-hydrogen) atoms. The second kappa shape index (κ2) is 4.47. The van der Waals surface area contributed by atoms with Gasteiger partial charge in [-0.25, -0.2) is 5.26 Å². The molecule has 1 aliphatic heterocycles. The van der Waals surface area contributed by atoms with Crippen LogP contribution in [-0.2, 0) is 0 Å². The van der Waals surface area contributed by atoms with Gasteiger partial charge in [0.25, 0.3) is 0 Å². The lowest BCUT2D eigenvalue weighted by Gasteiger charge is -2.29. The largest absolute Gasteiger partial charge is 0.300 e. The highest BCUT2D eigenvalue weighted by atomic mass is 15.2. The van der Waals surface area contributed by atoms with Gasteiger partial charge in [-0.2, -0.15) is 0 Å². The van der Waals surface area contributed by atoms with Crippen LogP contribution < -0.4 is 0 Å². The van der Waals surface area contributed by atoms with E-state index in [4.69, 9.17) is 5.26 Å². The molecule has 0 amide bonds. The first-order valence-corrected chi connectivity index (χ1v) is 4.86. The molecule has 68 valence electrons. The molecule has 0 spiro atoms. The Morgan fingerprint density at radius 2 is 1.58 bits per heavy atom. The molecular formula is C10H18N2. The normalized spacial score (nSPS) is 25.9. The quantitative estimate of drug-likeness (QED) is 0.596. The molecule has 0 aromatic rings. The summed E-state index contributed by atoms with van der Waals surface area (Å²) in [4.78, 5) is 2.68. The number of rotatable bonds is 1. The standard InChI is InChI=1S/C9H17N.CHN/c1-8-4-6-10(7-5-8)9-2-3-9;1-2/h8-9H,2-7H2,1H3;1H. The Morgan fingerprint density at radius 3 is 2.00 bits per heavy atom. The van der Waals surface area contributed by atoms with Crippen LogP contribution in [0.5, 0.6) is 0 Å². The fourth-order valence-corrected chi connectivity index (χ4v) is 1.83. The minimum atomic E-state index is 0.995. The highest BCUT2D eigenvalue weighted by Gasteiger charge is 2.30. The number of piperidine rings is 1. The number of nitriles is 1. The summed E-state index contributed by atoms with van der Waals surface area (Å²) in [6, 6.07) is 1.01. The van der Waals surface area contributed by atoms with E-state index in [-0.39, 0.29) is 0 Å². The van der Waals surface area contributed by atoms with Crippen LogP contribution in [0.1, 0.15) is 32.6 Å². The molecule has 0 N–H and O–H groups in total. The molecule has 1 aliphatic carbocycles. The van der Waals surface area contributed by atoms with Gasteiger partial charge in [-0.3, -0.25) is 0 Å². The number of hydrogen-bond donors (Lipinski definition) is 0. The van der Waals surface area contributed by atoms with E-state index in [1.54, 1.807) is 0 Å². The summed E-state index contributed by atoms with van der Waals surface area (Å²) in [5.74, 6) is 0.995. The molecule has 2 rings (SSSR count). The zero-order chi connectivity index (χ0) is 8.97. The summed E-state index contributed by atoms with van der Waals surface area (Å²) in [6.07, 6.45) is 5.84. The fraction of sp³-hybridized carbons (Fsp3) is 0.900. The maximum Gasteiger partial charge on any atom is 0.0462 e. The predicted octanol–water partition coefficient (Wildman–Crippen LogP) is 2.02. The van der Waals surface area contributed by atoms with Crippen molar-refractivity contribution in [1.29, 1.82) is 5.26 Å². The molecule has 0 unspecified atom stereocenters. The van der Waals surface area contributed by atoms with Gasteiger partial charge >= 0.3 is 0 Å². The molecule has 2 nitrogen and oxygen atoms in total. The average Bonchev–Trinajstić information content (AvgIpc) is 2.93. The molecule has 0 bridgehead atoms. The van der Waals surface area contributed by atoms with Crippen molar-refractivity contribution in [3.8, 4) is 6.57 Å². The summed E-state index contributed by atoms with van der Waals surface area (Å²) in [7, 11) is 0. The molecule has 0 atom stereocenters. The van der Waals surface area contributed by atoms with Crippen molar-refractivity contribution in [3.63, 3.8) is 0 Å². The Kier molecular flexibility index (Phi) is 3.55. The molecule has 2 fully saturated rings. The van der Waals surface area contributed by atoms with Crippen molar-refractivity contribution in [3.05, 3.63) is 0 Å². The van der Waals surface area contributed by atoms with E-state index < -0.39 is 0 Å². The van der Waals surface area contributed by atoms with E-state index in [0.717, 1.165) is 12.0 Å². The summed E-state index contributed by atoms with van der Waals surface area (Å²) >= 11 is 0. The first-order valence-electron chi connectivity index (χ1n) is 4.86. The van der Waals surface area contributed by atoms with Gasteiger partial charge < -0.3 is 4.90 Å².